The lowest BCUT2D eigenvalue weighted by Crippen LogP contribution is -2.43. The normalized spacial score (nSPS) is 20.9. The highest BCUT2D eigenvalue weighted by Crippen LogP contribution is 2.45. The van der Waals surface area contributed by atoms with Gasteiger partial charge in [0.05, 0.1) is 12.2 Å². The van der Waals surface area contributed by atoms with E-state index < -0.39 is 0 Å². The first-order valence-electron chi connectivity index (χ1n) is 8.24. The summed E-state index contributed by atoms with van der Waals surface area (Å²) < 4.78 is 3.78. The second-order valence-electron chi connectivity index (χ2n) is 6.81. The Morgan fingerprint density at radius 1 is 1.18 bits per heavy atom. The molecule has 0 atom stereocenters. The summed E-state index contributed by atoms with van der Waals surface area (Å²) >= 11 is 0. The standard InChI is InChI=1S/C15H23N7/c1-20-13(5-9-16-20)11-22-14(17-18-19-22)21-10-4-8-15(12-21)6-2-3-7-15/h5,9H,2-4,6-8,10-12H2,1H3. The maximum Gasteiger partial charge on any atom is 0.245 e. The van der Waals surface area contributed by atoms with E-state index in [0.29, 0.717) is 12.0 Å². The predicted molar refractivity (Wildman–Crippen MR) is 82.5 cm³/mol. The number of rotatable bonds is 3. The first-order chi connectivity index (χ1) is 10.8. The number of tetrazole rings is 1. The predicted octanol–water partition coefficient (Wildman–Crippen LogP) is 1.62. The average molecular weight is 301 g/mol. The second-order valence-corrected chi connectivity index (χ2v) is 6.81. The Balaban J connectivity index is 1.55. The molecule has 22 heavy (non-hydrogen) atoms. The molecule has 7 heteroatoms. The van der Waals surface area contributed by atoms with Crippen LogP contribution in [0.1, 0.15) is 44.2 Å². The van der Waals surface area contributed by atoms with Gasteiger partial charge in [-0.1, -0.05) is 17.9 Å². The van der Waals surface area contributed by atoms with E-state index in [1.165, 1.54) is 38.5 Å². The molecule has 1 aliphatic carbocycles. The molecule has 1 spiro atoms. The molecule has 1 aliphatic heterocycles. The SMILES string of the molecule is Cn1nccc1Cn1nnnc1N1CCCC2(CCCC2)C1. The van der Waals surface area contributed by atoms with Crippen LogP contribution in [-0.4, -0.2) is 43.1 Å². The molecular weight excluding hydrogens is 278 g/mol. The fourth-order valence-corrected chi connectivity index (χ4v) is 4.15. The minimum absolute atomic E-state index is 0.515. The van der Waals surface area contributed by atoms with Crippen LogP contribution in [0.2, 0.25) is 0 Å². The van der Waals surface area contributed by atoms with Crippen molar-refractivity contribution in [2.75, 3.05) is 18.0 Å². The molecule has 0 aromatic carbocycles. The highest BCUT2D eigenvalue weighted by molar-refractivity contribution is 5.31. The molecule has 1 saturated heterocycles. The third kappa shape index (κ3) is 2.38. The number of hydrogen-bond acceptors (Lipinski definition) is 5. The van der Waals surface area contributed by atoms with Crippen molar-refractivity contribution in [1.29, 1.82) is 0 Å². The molecule has 2 aliphatic rings. The highest BCUT2D eigenvalue weighted by Gasteiger charge is 2.39. The van der Waals surface area contributed by atoms with Gasteiger partial charge in [0, 0.05) is 26.3 Å². The minimum Gasteiger partial charge on any atom is -0.339 e. The Morgan fingerprint density at radius 2 is 2.00 bits per heavy atom. The van der Waals surface area contributed by atoms with Crippen LogP contribution in [0.3, 0.4) is 0 Å². The maximum atomic E-state index is 4.30. The molecule has 2 aromatic rings. The highest BCUT2D eigenvalue weighted by atomic mass is 15.6. The van der Waals surface area contributed by atoms with E-state index in [0.717, 1.165) is 24.7 Å². The van der Waals surface area contributed by atoms with Crippen molar-refractivity contribution >= 4 is 5.95 Å². The third-order valence-electron chi connectivity index (χ3n) is 5.36. The zero-order valence-corrected chi connectivity index (χ0v) is 13.1. The van der Waals surface area contributed by atoms with Crippen LogP contribution in [0.25, 0.3) is 0 Å². The third-order valence-corrected chi connectivity index (χ3v) is 5.36. The summed E-state index contributed by atoms with van der Waals surface area (Å²) in [5.74, 6) is 0.909. The molecule has 2 aromatic heterocycles. The molecule has 7 nitrogen and oxygen atoms in total. The average Bonchev–Trinajstić information content (AvgIpc) is 3.24. The van der Waals surface area contributed by atoms with Crippen LogP contribution >= 0.6 is 0 Å². The Kier molecular flexibility index (Phi) is 3.35. The van der Waals surface area contributed by atoms with Gasteiger partial charge >= 0.3 is 0 Å². The van der Waals surface area contributed by atoms with Crippen LogP contribution in [0, 0.1) is 5.41 Å². The topological polar surface area (TPSA) is 64.7 Å². The van der Waals surface area contributed by atoms with Gasteiger partial charge in [0.15, 0.2) is 0 Å². The monoisotopic (exact) mass is 301 g/mol. The molecule has 3 heterocycles. The van der Waals surface area contributed by atoms with Gasteiger partial charge < -0.3 is 4.90 Å². The largest absolute Gasteiger partial charge is 0.339 e. The van der Waals surface area contributed by atoms with Gasteiger partial charge in [0.2, 0.25) is 5.95 Å². The molecule has 0 radical (unpaired) electrons. The number of piperidine rings is 1. The number of nitrogens with zero attached hydrogens (tertiary/aromatic N) is 7. The summed E-state index contributed by atoms with van der Waals surface area (Å²) in [5, 5.41) is 16.6. The molecule has 1 saturated carbocycles. The van der Waals surface area contributed by atoms with E-state index in [1.807, 2.05) is 28.7 Å². The van der Waals surface area contributed by atoms with Crippen molar-refractivity contribution in [3.05, 3.63) is 18.0 Å². The van der Waals surface area contributed by atoms with Crippen molar-refractivity contribution in [3.63, 3.8) is 0 Å². The Bertz CT molecular complexity index is 638. The van der Waals surface area contributed by atoms with E-state index in [-0.39, 0.29) is 0 Å². The van der Waals surface area contributed by atoms with Crippen molar-refractivity contribution in [2.45, 2.75) is 45.1 Å². The fourth-order valence-electron chi connectivity index (χ4n) is 4.15. The maximum absolute atomic E-state index is 4.30. The van der Waals surface area contributed by atoms with Crippen LogP contribution < -0.4 is 4.90 Å². The van der Waals surface area contributed by atoms with Gasteiger partial charge in [-0.25, -0.2) is 4.68 Å². The fraction of sp³-hybridized carbons (Fsp3) is 0.733. The van der Waals surface area contributed by atoms with E-state index in [1.54, 1.807) is 0 Å². The zero-order valence-electron chi connectivity index (χ0n) is 13.1. The summed E-state index contributed by atoms with van der Waals surface area (Å²) in [6.45, 7) is 2.84. The van der Waals surface area contributed by atoms with Crippen molar-refractivity contribution in [1.82, 2.24) is 30.0 Å². The summed E-state index contributed by atoms with van der Waals surface area (Å²) in [6, 6.07) is 2.01. The molecule has 0 unspecified atom stereocenters. The molecular formula is C15H23N7. The Labute approximate surface area is 130 Å². The summed E-state index contributed by atoms with van der Waals surface area (Å²) in [5.41, 5.74) is 1.63. The minimum atomic E-state index is 0.515. The molecule has 118 valence electrons. The summed E-state index contributed by atoms with van der Waals surface area (Å²) in [6.07, 6.45) is 9.93. The van der Waals surface area contributed by atoms with Crippen LogP contribution in [0.15, 0.2) is 12.3 Å². The van der Waals surface area contributed by atoms with Gasteiger partial charge in [-0.2, -0.15) is 5.10 Å². The lowest BCUT2D eigenvalue weighted by Gasteiger charge is -2.40. The van der Waals surface area contributed by atoms with Crippen molar-refractivity contribution in [2.24, 2.45) is 12.5 Å². The molecule has 0 bridgehead atoms. The van der Waals surface area contributed by atoms with Crippen LogP contribution in [-0.2, 0) is 13.6 Å². The molecule has 0 amide bonds. The van der Waals surface area contributed by atoms with Crippen molar-refractivity contribution in [3.8, 4) is 0 Å². The van der Waals surface area contributed by atoms with Crippen molar-refractivity contribution < 1.29 is 0 Å². The van der Waals surface area contributed by atoms with E-state index in [4.69, 9.17) is 0 Å². The zero-order chi connectivity index (χ0) is 15.0. The smallest absolute Gasteiger partial charge is 0.245 e. The van der Waals surface area contributed by atoms with Gasteiger partial charge in [-0.3, -0.25) is 4.68 Å². The van der Waals surface area contributed by atoms with Gasteiger partial charge in [-0.05, 0) is 47.6 Å². The quantitative estimate of drug-likeness (QED) is 0.862. The Morgan fingerprint density at radius 3 is 2.77 bits per heavy atom. The number of aryl methyl sites for hydroxylation is 1. The van der Waals surface area contributed by atoms with Crippen LogP contribution in [0.5, 0.6) is 0 Å². The van der Waals surface area contributed by atoms with Gasteiger partial charge in [-0.15, -0.1) is 0 Å². The lowest BCUT2D eigenvalue weighted by atomic mass is 9.78. The molecule has 2 fully saturated rings. The molecule has 4 rings (SSSR count). The van der Waals surface area contributed by atoms with E-state index in [2.05, 4.69) is 25.5 Å². The number of anilines is 1. The molecule has 0 N–H and O–H groups in total. The summed E-state index contributed by atoms with van der Waals surface area (Å²) in [4.78, 5) is 2.39. The Hall–Kier alpha value is -1.92. The van der Waals surface area contributed by atoms with E-state index >= 15 is 0 Å². The van der Waals surface area contributed by atoms with Gasteiger partial charge in [0.1, 0.15) is 0 Å². The number of hydrogen-bond donors (Lipinski definition) is 0. The summed E-state index contributed by atoms with van der Waals surface area (Å²) in [7, 11) is 1.95. The lowest BCUT2D eigenvalue weighted by molar-refractivity contribution is 0.237. The first kappa shape index (κ1) is 13.7. The second kappa shape index (κ2) is 5.37. The van der Waals surface area contributed by atoms with Gasteiger partial charge in [0.25, 0.3) is 0 Å². The van der Waals surface area contributed by atoms with E-state index in [9.17, 15) is 0 Å². The number of aromatic nitrogens is 6. The van der Waals surface area contributed by atoms with Crippen LogP contribution in [0.4, 0.5) is 5.95 Å². The first-order valence-corrected chi connectivity index (χ1v) is 8.24.